The molecule has 0 spiro atoms. The van der Waals surface area contributed by atoms with Crippen molar-refractivity contribution < 1.29 is 19.1 Å². The largest absolute Gasteiger partial charge is 0.497 e. The number of nitrogens with one attached hydrogen (secondary N) is 2. The van der Waals surface area contributed by atoms with Crippen LogP contribution in [0.2, 0.25) is 5.02 Å². The van der Waals surface area contributed by atoms with E-state index in [-0.39, 0.29) is 17.7 Å². The first-order chi connectivity index (χ1) is 15.0. The van der Waals surface area contributed by atoms with Gasteiger partial charge in [0.05, 0.1) is 25.8 Å². The van der Waals surface area contributed by atoms with Crippen LogP contribution < -0.4 is 20.1 Å². The summed E-state index contributed by atoms with van der Waals surface area (Å²) < 4.78 is 10.4. The number of rotatable bonds is 6. The molecule has 0 radical (unpaired) electrons. The number of methoxy groups -OCH3 is 2. The number of thiazole rings is 1. The average molecular weight is 458 g/mol. The average Bonchev–Trinajstić information content (AvgIpc) is 3.35. The van der Waals surface area contributed by atoms with Gasteiger partial charge in [-0.15, -0.1) is 11.3 Å². The zero-order valence-electron chi connectivity index (χ0n) is 16.9. The lowest BCUT2D eigenvalue weighted by Gasteiger charge is -2.11. The maximum absolute atomic E-state index is 12.8. The maximum atomic E-state index is 12.8. The molecule has 1 atom stereocenters. The van der Waals surface area contributed by atoms with Crippen molar-refractivity contribution in [3.8, 4) is 11.5 Å². The summed E-state index contributed by atoms with van der Waals surface area (Å²) in [6, 6.07) is 11.9. The number of hydrogen-bond donors (Lipinski definition) is 2. The lowest BCUT2D eigenvalue weighted by molar-refractivity contribution is -0.117. The molecule has 4 rings (SSSR count). The number of halogens is 1. The van der Waals surface area contributed by atoms with Crippen LogP contribution >= 0.6 is 22.9 Å². The fourth-order valence-corrected chi connectivity index (χ4v) is 4.57. The smallest absolute Gasteiger partial charge is 0.257 e. The second kappa shape index (κ2) is 8.95. The summed E-state index contributed by atoms with van der Waals surface area (Å²) in [4.78, 5) is 31.0. The molecule has 1 heterocycles. The fraction of sp³-hybridized carbons (Fsp3) is 0.227. The van der Waals surface area contributed by atoms with E-state index in [1.165, 1.54) is 25.6 Å². The van der Waals surface area contributed by atoms with Crippen LogP contribution in [0.5, 0.6) is 11.5 Å². The molecule has 0 aliphatic heterocycles. The minimum atomic E-state index is -0.357. The second-order valence-electron chi connectivity index (χ2n) is 6.97. The van der Waals surface area contributed by atoms with E-state index < -0.39 is 0 Å². The van der Waals surface area contributed by atoms with E-state index in [2.05, 4.69) is 15.6 Å². The lowest BCUT2D eigenvalue weighted by Crippen LogP contribution is -2.20. The van der Waals surface area contributed by atoms with Crippen LogP contribution in [0, 0.1) is 0 Å². The number of aryl methyl sites for hydroxylation is 1. The Kier molecular flexibility index (Phi) is 6.11. The molecule has 0 saturated heterocycles. The number of anilines is 2. The van der Waals surface area contributed by atoms with Crippen LogP contribution in [0.15, 0.2) is 42.5 Å². The maximum Gasteiger partial charge on any atom is 0.257 e. The predicted molar refractivity (Wildman–Crippen MR) is 121 cm³/mol. The van der Waals surface area contributed by atoms with Gasteiger partial charge in [0.25, 0.3) is 5.91 Å². The molecule has 2 N–H and O–H groups in total. The standard InChI is InChI=1S/C22H20ClN3O4S/c1-29-15-9-12(10-16(11-15)30-2)20(27)26-22-25-19-17(7-8-18(19)31-22)21(28)24-14-5-3-13(23)4-6-14/h3-6,9-11,17H,7-8H2,1-2H3,(H,24,28)(H,25,26,27). The van der Waals surface area contributed by atoms with E-state index in [0.29, 0.717) is 39.3 Å². The number of fused-ring (bicyclic) bond motifs is 1. The summed E-state index contributed by atoms with van der Waals surface area (Å²) in [6.07, 6.45) is 1.43. The van der Waals surface area contributed by atoms with Crippen molar-refractivity contribution in [3.63, 3.8) is 0 Å². The van der Waals surface area contributed by atoms with Gasteiger partial charge in [-0.3, -0.25) is 14.9 Å². The molecule has 1 unspecified atom stereocenters. The van der Waals surface area contributed by atoms with E-state index >= 15 is 0 Å². The minimum Gasteiger partial charge on any atom is -0.497 e. The summed E-state index contributed by atoms with van der Waals surface area (Å²) in [7, 11) is 3.05. The first-order valence-corrected chi connectivity index (χ1v) is 10.8. The number of nitrogens with zero attached hydrogens (tertiary/aromatic N) is 1. The van der Waals surface area contributed by atoms with Gasteiger partial charge in [-0.25, -0.2) is 4.98 Å². The number of carbonyl (C=O) groups excluding carboxylic acids is 2. The third-order valence-corrected chi connectivity index (χ3v) is 6.28. The second-order valence-corrected chi connectivity index (χ2v) is 8.49. The Bertz CT molecular complexity index is 1110. The molecule has 160 valence electrons. The van der Waals surface area contributed by atoms with E-state index in [0.717, 1.165) is 17.0 Å². The molecule has 1 aliphatic carbocycles. The van der Waals surface area contributed by atoms with Crippen molar-refractivity contribution in [2.24, 2.45) is 0 Å². The minimum absolute atomic E-state index is 0.123. The fourth-order valence-electron chi connectivity index (χ4n) is 3.41. The third kappa shape index (κ3) is 4.65. The number of aromatic nitrogens is 1. The van der Waals surface area contributed by atoms with E-state index in [4.69, 9.17) is 21.1 Å². The van der Waals surface area contributed by atoms with Gasteiger partial charge >= 0.3 is 0 Å². The summed E-state index contributed by atoms with van der Waals surface area (Å²) >= 11 is 7.29. The Hall–Kier alpha value is -3.10. The Morgan fingerprint density at radius 3 is 2.39 bits per heavy atom. The van der Waals surface area contributed by atoms with E-state index in [9.17, 15) is 9.59 Å². The molecule has 0 saturated carbocycles. The highest BCUT2D eigenvalue weighted by atomic mass is 35.5. The number of hydrogen-bond acceptors (Lipinski definition) is 6. The molecule has 9 heteroatoms. The normalized spacial score (nSPS) is 14.6. The Morgan fingerprint density at radius 2 is 1.74 bits per heavy atom. The van der Waals surface area contributed by atoms with Crippen molar-refractivity contribution in [1.29, 1.82) is 0 Å². The molecule has 2 amide bonds. The van der Waals surface area contributed by atoms with Gasteiger partial charge in [0.2, 0.25) is 5.91 Å². The molecular formula is C22H20ClN3O4S. The lowest BCUT2D eigenvalue weighted by atomic mass is 10.1. The van der Waals surface area contributed by atoms with Crippen molar-refractivity contribution >= 4 is 45.6 Å². The van der Waals surface area contributed by atoms with E-state index in [1.54, 1.807) is 42.5 Å². The molecule has 0 bridgehead atoms. The van der Waals surface area contributed by atoms with Gasteiger partial charge in [-0.1, -0.05) is 11.6 Å². The first-order valence-electron chi connectivity index (χ1n) is 9.57. The molecule has 2 aromatic carbocycles. The summed E-state index contributed by atoms with van der Waals surface area (Å²) in [5.74, 6) is 0.230. The molecule has 1 aliphatic rings. The quantitative estimate of drug-likeness (QED) is 0.558. The zero-order valence-corrected chi connectivity index (χ0v) is 18.5. The number of carbonyl (C=O) groups is 2. The van der Waals surface area contributed by atoms with Gasteiger partial charge in [-0.2, -0.15) is 0 Å². The van der Waals surface area contributed by atoms with Gasteiger partial charge < -0.3 is 14.8 Å². The van der Waals surface area contributed by atoms with Gasteiger partial charge in [0.15, 0.2) is 5.13 Å². The Labute approximate surface area is 188 Å². The topological polar surface area (TPSA) is 89.6 Å². The highest BCUT2D eigenvalue weighted by Crippen LogP contribution is 2.39. The van der Waals surface area contributed by atoms with E-state index in [1.807, 2.05) is 0 Å². The van der Waals surface area contributed by atoms with Crippen molar-refractivity contribution in [2.45, 2.75) is 18.8 Å². The van der Waals surface area contributed by atoms with Crippen LogP contribution in [0.4, 0.5) is 10.8 Å². The highest BCUT2D eigenvalue weighted by Gasteiger charge is 2.33. The van der Waals surface area contributed by atoms with Crippen molar-refractivity contribution in [2.75, 3.05) is 24.9 Å². The van der Waals surface area contributed by atoms with Crippen molar-refractivity contribution in [3.05, 3.63) is 63.6 Å². The molecular weight excluding hydrogens is 438 g/mol. The van der Waals surface area contributed by atoms with Crippen LogP contribution in [0.25, 0.3) is 0 Å². The summed E-state index contributed by atoms with van der Waals surface area (Å²) in [5, 5.41) is 6.79. The van der Waals surface area contributed by atoms with Crippen LogP contribution in [-0.2, 0) is 11.2 Å². The van der Waals surface area contributed by atoms with Gasteiger partial charge in [0.1, 0.15) is 11.5 Å². The van der Waals surface area contributed by atoms with Gasteiger partial charge in [0, 0.05) is 27.2 Å². The van der Waals surface area contributed by atoms with Crippen molar-refractivity contribution in [1.82, 2.24) is 4.98 Å². The zero-order chi connectivity index (χ0) is 22.0. The van der Waals surface area contributed by atoms with Crippen LogP contribution in [-0.4, -0.2) is 31.0 Å². The van der Waals surface area contributed by atoms with Gasteiger partial charge in [-0.05, 0) is 49.2 Å². The van der Waals surface area contributed by atoms with Crippen LogP contribution in [0.1, 0.15) is 33.3 Å². The monoisotopic (exact) mass is 457 g/mol. The molecule has 0 fully saturated rings. The third-order valence-electron chi connectivity index (χ3n) is 4.98. The first kappa shape index (κ1) is 21.1. The predicted octanol–water partition coefficient (Wildman–Crippen LogP) is 4.73. The SMILES string of the molecule is COc1cc(OC)cc(C(=O)Nc2nc3c(s2)CCC3C(=O)Nc2ccc(Cl)cc2)c1. The summed E-state index contributed by atoms with van der Waals surface area (Å²) in [6.45, 7) is 0. The summed E-state index contributed by atoms with van der Waals surface area (Å²) in [5.41, 5.74) is 1.79. The number of benzene rings is 2. The molecule has 1 aromatic heterocycles. The van der Waals surface area contributed by atoms with Crippen LogP contribution in [0.3, 0.4) is 0 Å². The molecule has 3 aromatic rings. The molecule has 31 heavy (non-hydrogen) atoms. The molecule has 7 nitrogen and oxygen atoms in total. The Morgan fingerprint density at radius 1 is 1.06 bits per heavy atom. The number of amides is 2. The highest BCUT2D eigenvalue weighted by molar-refractivity contribution is 7.16. The number of ether oxygens (including phenoxy) is 2. The Balaban J connectivity index is 1.48.